The molecule has 0 aliphatic heterocycles. The number of rotatable bonds is 8. The molecule has 144 valence electrons. The van der Waals surface area contributed by atoms with Gasteiger partial charge in [0.25, 0.3) is 0 Å². The van der Waals surface area contributed by atoms with E-state index in [9.17, 15) is 23.1 Å². The molecule has 2 aromatic rings. The quantitative estimate of drug-likeness (QED) is 0.696. The molecular formula is C18H19NO7S. The Hall–Kier alpha value is -3.07. The van der Waals surface area contributed by atoms with Crippen molar-refractivity contribution in [3.63, 3.8) is 0 Å². The molecule has 0 aromatic heterocycles. The Kier molecular flexibility index (Phi) is 6.40. The Morgan fingerprint density at radius 2 is 1.67 bits per heavy atom. The fourth-order valence-corrected chi connectivity index (χ4v) is 3.56. The second-order valence-electron chi connectivity index (χ2n) is 5.53. The number of ether oxygens (including phenoxy) is 2. The molecule has 0 radical (unpaired) electrons. The maximum absolute atomic E-state index is 12.5. The van der Waals surface area contributed by atoms with Crippen LogP contribution in [-0.4, -0.2) is 45.4 Å². The molecule has 0 unspecified atom stereocenters. The normalized spacial score (nSPS) is 12.1. The third-order valence-corrected chi connectivity index (χ3v) is 5.33. The van der Waals surface area contributed by atoms with Crippen LogP contribution in [0.3, 0.4) is 0 Å². The highest BCUT2D eigenvalue weighted by atomic mass is 32.2. The van der Waals surface area contributed by atoms with E-state index in [0.29, 0.717) is 11.3 Å². The predicted molar refractivity (Wildman–Crippen MR) is 96.6 cm³/mol. The first-order valence-corrected chi connectivity index (χ1v) is 9.45. The highest BCUT2D eigenvalue weighted by Gasteiger charge is 2.26. The summed E-state index contributed by atoms with van der Waals surface area (Å²) in [6, 6.07) is 10.6. The fourth-order valence-electron chi connectivity index (χ4n) is 2.40. The van der Waals surface area contributed by atoms with Crippen molar-refractivity contribution in [1.82, 2.24) is 5.32 Å². The van der Waals surface area contributed by atoms with E-state index in [1.54, 1.807) is 18.2 Å². The molecule has 1 amide bonds. The zero-order chi connectivity index (χ0) is 20.0. The van der Waals surface area contributed by atoms with E-state index in [2.05, 4.69) is 5.32 Å². The molecule has 2 aromatic carbocycles. The van der Waals surface area contributed by atoms with Gasteiger partial charge in [-0.25, -0.2) is 13.2 Å². The Morgan fingerprint density at radius 1 is 1.04 bits per heavy atom. The number of carboxylic acid groups (broad SMARTS) is 1. The smallest absolute Gasteiger partial charge is 0.330 e. The molecule has 9 heteroatoms. The summed E-state index contributed by atoms with van der Waals surface area (Å²) < 4.78 is 35.1. The minimum absolute atomic E-state index is 0.137. The second-order valence-corrected chi connectivity index (χ2v) is 7.51. The average Bonchev–Trinajstić information content (AvgIpc) is 2.65. The van der Waals surface area contributed by atoms with Crippen molar-refractivity contribution in [1.29, 1.82) is 0 Å². The molecule has 0 aliphatic rings. The van der Waals surface area contributed by atoms with Crippen LogP contribution in [0.15, 0.2) is 53.4 Å². The Labute approximate surface area is 156 Å². The van der Waals surface area contributed by atoms with Crippen molar-refractivity contribution in [2.75, 3.05) is 20.0 Å². The van der Waals surface area contributed by atoms with Gasteiger partial charge in [0.2, 0.25) is 5.91 Å². The molecule has 1 atom stereocenters. The van der Waals surface area contributed by atoms with Crippen molar-refractivity contribution in [2.24, 2.45) is 0 Å². The standard InChI is InChI=1S/C18H19NO7S/c1-25-14-9-8-13(10-15(14)26-2)27(23,24)11-16(20)19-17(18(21)22)12-6-4-3-5-7-12/h3-10,17H,11H2,1-2H3,(H,19,20)(H,21,22)/t17-/m1/s1. The van der Waals surface area contributed by atoms with E-state index in [-0.39, 0.29) is 10.6 Å². The summed E-state index contributed by atoms with van der Waals surface area (Å²) >= 11 is 0. The molecule has 2 rings (SSSR count). The topological polar surface area (TPSA) is 119 Å². The van der Waals surface area contributed by atoms with Crippen molar-refractivity contribution in [3.05, 3.63) is 54.1 Å². The molecule has 0 saturated carbocycles. The number of nitrogens with one attached hydrogen (secondary N) is 1. The van der Waals surface area contributed by atoms with Gasteiger partial charge in [0.05, 0.1) is 19.1 Å². The lowest BCUT2D eigenvalue weighted by atomic mass is 10.1. The average molecular weight is 393 g/mol. The first-order valence-electron chi connectivity index (χ1n) is 7.80. The molecule has 0 heterocycles. The van der Waals surface area contributed by atoms with Crippen LogP contribution in [0.2, 0.25) is 0 Å². The second kappa shape index (κ2) is 8.54. The fraction of sp³-hybridized carbons (Fsp3) is 0.222. The molecule has 27 heavy (non-hydrogen) atoms. The number of amides is 1. The van der Waals surface area contributed by atoms with E-state index in [1.165, 1.54) is 44.6 Å². The van der Waals surface area contributed by atoms with Gasteiger partial charge in [0, 0.05) is 6.07 Å². The van der Waals surface area contributed by atoms with Gasteiger partial charge >= 0.3 is 5.97 Å². The monoisotopic (exact) mass is 393 g/mol. The lowest BCUT2D eigenvalue weighted by Crippen LogP contribution is -2.37. The summed E-state index contributed by atoms with van der Waals surface area (Å²) in [7, 11) is -1.24. The number of hydrogen-bond acceptors (Lipinski definition) is 6. The van der Waals surface area contributed by atoms with Crippen molar-refractivity contribution < 1.29 is 32.6 Å². The van der Waals surface area contributed by atoms with Gasteiger partial charge in [0.1, 0.15) is 5.75 Å². The van der Waals surface area contributed by atoms with Crippen LogP contribution in [0.25, 0.3) is 0 Å². The van der Waals surface area contributed by atoms with Gasteiger partial charge in [-0.3, -0.25) is 4.79 Å². The van der Waals surface area contributed by atoms with E-state index >= 15 is 0 Å². The first-order chi connectivity index (χ1) is 12.8. The van der Waals surface area contributed by atoms with E-state index in [0.717, 1.165) is 0 Å². The summed E-state index contributed by atoms with van der Waals surface area (Å²) in [5.74, 6) is -2.58. The van der Waals surface area contributed by atoms with Crippen LogP contribution in [0.4, 0.5) is 0 Å². The van der Waals surface area contributed by atoms with E-state index in [4.69, 9.17) is 9.47 Å². The minimum atomic E-state index is -4.01. The third-order valence-electron chi connectivity index (χ3n) is 3.72. The summed E-state index contributed by atoms with van der Waals surface area (Å²) in [4.78, 5) is 23.5. The van der Waals surface area contributed by atoms with Crippen molar-refractivity contribution in [2.45, 2.75) is 10.9 Å². The molecule has 0 fully saturated rings. The van der Waals surface area contributed by atoms with Crippen LogP contribution < -0.4 is 14.8 Å². The highest BCUT2D eigenvalue weighted by Crippen LogP contribution is 2.29. The van der Waals surface area contributed by atoms with Gasteiger partial charge in [-0.1, -0.05) is 30.3 Å². The third kappa shape index (κ3) is 4.98. The van der Waals surface area contributed by atoms with Crippen LogP contribution in [0.5, 0.6) is 11.5 Å². The number of aliphatic carboxylic acids is 1. The van der Waals surface area contributed by atoms with Gasteiger partial charge in [-0.2, -0.15) is 0 Å². The Bertz CT molecular complexity index is 926. The molecule has 0 aliphatic carbocycles. The van der Waals surface area contributed by atoms with Crippen molar-refractivity contribution in [3.8, 4) is 11.5 Å². The number of carbonyl (C=O) groups is 2. The minimum Gasteiger partial charge on any atom is -0.493 e. The molecule has 0 saturated heterocycles. The highest BCUT2D eigenvalue weighted by molar-refractivity contribution is 7.92. The number of hydrogen-bond donors (Lipinski definition) is 2. The lowest BCUT2D eigenvalue weighted by Gasteiger charge is -2.15. The molecule has 8 nitrogen and oxygen atoms in total. The van der Waals surface area contributed by atoms with Gasteiger partial charge in [0.15, 0.2) is 27.4 Å². The molecule has 0 spiro atoms. The maximum atomic E-state index is 12.5. The molecular weight excluding hydrogens is 374 g/mol. The zero-order valence-electron chi connectivity index (χ0n) is 14.7. The summed E-state index contributed by atoms with van der Waals surface area (Å²) in [5, 5.41) is 11.6. The maximum Gasteiger partial charge on any atom is 0.330 e. The Balaban J connectivity index is 2.19. The van der Waals surface area contributed by atoms with Crippen LogP contribution in [-0.2, 0) is 19.4 Å². The van der Waals surface area contributed by atoms with E-state index in [1.807, 2.05) is 0 Å². The predicted octanol–water partition coefficient (Wildman–Crippen LogP) is 1.42. The summed E-state index contributed by atoms with van der Waals surface area (Å²) in [5.41, 5.74) is 0.335. The number of sulfone groups is 1. The number of benzene rings is 2. The SMILES string of the molecule is COc1ccc(S(=O)(=O)CC(=O)N[C@@H](C(=O)O)c2ccccc2)cc1OC. The van der Waals surface area contributed by atoms with Crippen LogP contribution >= 0.6 is 0 Å². The lowest BCUT2D eigenvalue weighted by molar-refractivity contribution is -0.141. The van der Waals surface area contributed by atoms with Crippen LogP contribution in [0.1, 0.15) is 11.6 Å². The van der Waals surface area contributed by atoms with Crippen molar-refractivity contribution >= 4 is 21.7 Å². The largest absolute Gasteiger partial charge is 0.493 e. The Morgan fingerprint density at radius 3 is 2.22 bits per heavy atom. The number of methoxy groups -OCH3 is 2. The number of carboxylic acids is 1. The van der Waals surface area contributed by atoms with E-state index < -0.39 is 33.5 Å². The van der Waals surface area contributed by atoms with Gasteiger partial charge in [-0.05, 0) is 17.7 Å². The summed E-state index contributed by atoms with van der Waals surface area (Å²) in [6.07, 6.45) is 0. The zero-order valence-corrected chi connectivity index (χ0v) is 15.5. The van der Waals surface area contributed by atoms with Gasteiger partial charge < -0.3 is 19.9 Å². The molecule has 2 N–H and O–H groups in total. The van der Waals surface area contributed by atoms with Gasteiger partial charge in [-0.15, -0.1) is 0 Å². The van der Waals surface area contributed by atoms with Crippen LogP contribution in [0, 0.1) is 0 Å². The first kappa shape index (κ1) is 20.2. The number of carbonyl (C=O) groups excluding carboxylic acids is 1. The summed E-state index contributed by atoms with van der Waals surface area (Å²) in [6.45, 7) is 0. The molecule has 0 bridgehead atoms.